The molecule has 0 saturated carbocycles. The minimum absolute atomic E-state index is 0.192. The molecule has 0 fully saturated rings. The number of benzene rings is 3. The summed E-state index contributed by atoms with van der Waals surface area (Å²) in [6.45, 7) is 2.16. The summed E-state index contributed by atoms with van der Waals surface area (Å²) in [5, 5.41) is 6.97. The zero-order valence-corrected chi connectivity index (χ0v) is 20.1. The number of nitrogens with one attached hydrogen (secondary N) is 2. The van der Waals surface area contributed by atoms with E-state index in [1.807, 2.05) is 6.92 Å². The summed E-state index contributed by atoms with van der Waals surface area (Å²) >= 11 is 11.9. The number of hydrogen-bond acceptors (Lipinski definition) is 6. The molecule has 0 aliphatic rings. The topological polar surface area (TPSA) is 106 Å². The van der Waals surface area contributed by atoms with Crippen LogP contribution in [0.1, 0.15) is 33.2 Å². The van der Waals surface area contributed by atoms with E-state index in [1.54, 1.807) is 54.6 Å². The minimum atomic E-state index is -0.618. The van der Waals surface area contributed by atoms with Gasteiger partial charge in [-0.05, 0) is 79.2 Å². The smallest absolute Gasteiger partial charge is 0.345 e. The molecule has 180 valence electrons. The Morgan fingerprint density at radius 3 is 2.29 bits per heavy atom. The molecule has 3 aromatic carbocycles. The number of nitrogens with zero attached hydrogens (tertiary/aromatic N) is 1. The van der Waals surface area contributed by atoms with E-state index in [9.17, 15) is 14.4 Å². The summed E-state index contributed by atoms with van der Waals surface area (Å²) in [6.07, 6.45) is 1.41. The molecule has 3 aromatic rings. The Balaban J connectivity index is 1.44. The van der Waals surface area contributed by atoms with Gasteiger partial charge >= 0.3 is 5.97 Å². The highest BCUT2D eigenvalue weighted by molar-refractivity contribution is 6.36. The maximum Gasteiger partial charge on any atom is 0.345 e. The lowest BCUT2D eigenvalue weighted by molar-refractivity contribution is -0.120. The minimum Gasteiger partial charge on any atom is -0.494 e. The van der Waals surface area contributed by atoms with Crippen LogP contribution >= 0.6 is 23.2 Å². The summed E-state index contributed by atoms with van der Waals surface area (Å²) in [5.41, 5.74) is 3.57. The quantitative estimate of drug-likeness (QED) is 0.190. The van der Waals surface area contributed by atoms with E-state index in [1.165, 1.54) is 18.3 Å². The summed E-state index contributed by atoms with van der Waals surface area (Å²) < 4.78 is 10.6. The first-order chi connectivity index (χ1) is 16.9. The van der Waals surface area contributed by atoms with Gasteiger partial charge in [-0.2, -0.15) is 5.10 Å². The van der Waals surface area contributed by atoms with Gasteiger partial charge in [-0.1, -0.05) is 23.2 Å². The molecular formula is C25H21Cl2N3O5. The van der Waals surface area contributed by atoms with Crippen molar-refractivity contribution in [2.45, 2.75) is 6.92 Å². The van der Waals surface area contributed by atoms with Crippen molar-refractivity contribution in [3.63, 3.8) is 0 Å². The van der Waals surface area contributed by atoms with Crippen LogP contribution in [-0.4, -0.2) is 37.1 Å². The van der Waals surface area contributed by atoms with E-state index in [-0.39, 0.29) is 17.1 Å². The summed E-state index contributed by atoms with van der Waals surface area (Å²) in [5.74, 6) is -0.539. The number of carbonyl (C=O) groups excluding carboxylic acids is 3. The highest BCUT2D eigenvalue weighted by atomic mass is 35.5. The van der Waals surface area contributed by atoms with Gasteiger partial charge in [0.05, 0.1) is 30.0 Å². The second kappa shape index (κ2) is 12.5. The zero-order valence-electron chi connectivity index (χ0n) is 18.6. The Hall–Kier alpha value is -3.88. The fraction of sp³-hybridized carbons (Fsp3) is 0.120. The van der Waals surface area contributed by atoms with Crippen LogP contribution in [0.5, 0.6) is 11.5 Å². The van der Waals surface area contributed by atoms with Crippen molar-refractivity contribution in [1.29, 1.82) is 0 Å². The average molecular weight is 514 g/mol. The van der Waals surface area contributed by atoms with Crippen molar-refractivity contribution in [1.82, 2.24) is 10.7 Å². The zero-order chi connectivity index (χ0) is 25.2. The molecule has 0 saturated heterocycles. The van der Waals surface area contributed by atoms with E-state index in [0.29, 0.717) is 34.3 Å². The number of halogens is 2. The molecule has 0 atom stereocenters. The Labute approximate surface area is 211 Å². The van der Waals surface area contributed by atoms with E-state index in [2.05, 4.69) is 15.8 Å². The van der Waals surface area contributed by atoms with Crippen LogP contribution in [0, 0.1) is 0 Å². The molecule has 0 aliphatic carbocycles. The number of amides is 2. The van der Waals surface area contributed by atoms with E-state index >= 15 is 0 Å². The molecule has 0 spiro atoms. The van der Waals surface area contributed by atoms with Gasteiger partial charge in [-0.3, -0.25) is 9.59 Å². The molecule has 0 bridgehead atoms. The fourth-order valence-corrected chi connectivity index (χ4v) is 3.27. The third-order valence-electron chi connectivity index (χ3n) is 4.48. The maximum atomic E-state index is 12.3. The summed E-state index contributed by atoms with van der Waals surface area (Å²) in [6, 6.07) is 17.5. The van der Waals surface area contributed by atoms with E-state index in [4.69, 9.17) is 32.7 Å². The lowest BCUT2D eigenvalue weighted by Crippen LogP contribution is -2.34. The average Bonchev–Trinajstić information content (AvgIpc) is 2.84. The molecule has 0 aliphatic heterocycles. The Bertz CT molecular complexity index is 1230. The molecule has 10 heteroatoms. The number of esters is 1. The standard InChI is InChI=1S/C25H21Cl2N3O5/c1-2-34-19-10-5-17(6-11-19)24(32)28-15-23(31)30-29-14-16-3-8-20(9-4-16)35-25(33)21-12-7-18(26)13-22(21)27/h3-14H,2,15H2,1H3,(H,28,32)(H,30,31)/b29-14-. The molecule has 0 heterocycles. The summed E-state index contributed by atoms with van der Waals surface area (Å²) in [4.78, 5) is 36.3. The predicted molar refractivity (Wildman–Crippen MR) is 134 cm³/mol. The Morgan fingerprint density at radius 2 is 1.63 bits per heavy atom. The maximum absolute atomic E-state index is 12.3. The van der Waals surface area contributed by atoms with Gasteiger partial charge in [-0.15, -0.1) is 0 Å². The van der Waals surface area contributed by atoms with Crippen molar-refractivity contribution < 1.29 is 23.9 Å². The lowest BCUT2D eigenvalue weighted by Gasteiger charge is -2.07. The Kier molecular flexibility index (Phi) is 9.23. The first kappa shape index (κ1) is 25.7. The van der Waals surface area contributed by atoms with Gasteiger partial charge < -0.3 is 14.8 Å². The highest BCUT2D eigenvalue weighted by Crippen LogP contribution is 2.23. The van der Waals surface area contributed by atoms with Gasteiger partial charge in [0, 0.05) is 10.6 Å². The van der Waals surface area contributed by atoms with Crippen molar-refractivity contribution >= 4 is 47.2 Å². The Morgan fingerprint density at radius 1 is 0.943 bits per heavy atom. The largest absolute Gasteiger partial charge is 0.494 e. The molecule has 35 heavy (non-hydrogen) atoms. The van der Waals surface area contributed by atoms with E-state index < -0.39 is 17.8 Å². The predicted octanol–water partition coefficient (Wildman–Crippen LogP) is 4.49. The molecule has 0 aromatic heterocycles. The van der Waals surface area contributed by atoms with Gasteiger partial charge in [0.15, 0.2) is 0 Å². The number of hydrogen-bond donors (Lipinski definition) is 2. The number of rotatable bonds is 9. The number of hydrazone groups is 1. The molecular weight excluding hydrogens is 493 g/mol. The SMILES string of the molecule is CCOc1ccc(C(=O)NCC(=O)N/N=C\c2ccc(OC(=O)c3ccc(Cl)cc3Cl)cc2)cc1. The second-order valence-corrected chi connectivity index (χ2v) is 7.86. The van der Waals surface area contributed by atoms with Crippen molar-refractivity contribution in [2.24, 2.45) is 5.10 Å². The van der Waals surface area contributed by atoms with E-state index in [0.717, 1.165) is 0 Å². The first-order valence-corrected chi connectivity index (χ1v) is 11.2. The molecule has 2 amide bonds. The van der Waals surface area contributed by atoms with Crippen LogP contribution < -0.4 is 20.2 Å². The number of ether oxygens (including phenoxy) is 2. The third-order valence-corrected chi connectivity index (χ3v) is 5.03. The normalized spacial score (nSPS) is 10.6. The van der Waals surface area contributed by atoms with Crippen molar-refractivity contribution in [3.8, 4) is 11.5 Å². The van der Waals surface area contributed by atoms with Crippen LogP contribution in [0.15, 0.2) is 71.8 Å². The van der Waals surface area contributed by atoms with Crippen LogP contribution in [0.3, 0.4) is 0 Å². The van der Waals surface area contributed by atoms with Crippen LogP contribution in [0.25, 0.3) is 0 Å². The second-order valence-electron chi connectivity index (χ2n) is 7.02. The van der Waals surface area contributed by atoms with Crippen LogP contribution in [0.2, 0.25) is 10.0 Å². The third kappa shape index (κ3) is 7.84. The summed E-state index contributed by atoms with van der Waals surface area (Å²) in [7, 11) is 0. The molecule has 2 N–H and O–H groups in total. The monoisotopic (exact) mass is 513 g/mol. The van der Waals surface area contributed by atoms with Gasteiger partial charge in [0.1, 0.15) is 11.5 Å². The van der Waals surface area contributed by atoms with Crippen LogP contribution in [-0.2, 0) is 4.79 Å². The van der Waals surface area contributed by atoms with Crippen molar-refractivity contribution in [3.05, 3.63) is 93.5 Å². The molecule has 3 rings (SSSR count). The lowest BCUT2D eigenvalue weighted by atomic mass is 10.2. The van der Waals surface area contributed by atoms with Crippen molar-refractivity contribution in [2.75, 3.05) is 13.2 Å². The fourth-order valence-electron chi connectivity index (χ4n) is 2.79. The molecule has 0 radical (unpaired) electrons. The van der Waals surface area contributed by atoms with Crippen LogP contribution in [0.4, 0.5) is 0 Å². The van der Waals surface area contributed by atoms with Gasteiger partial charge in [0.25, 0.3) is 11.8 Å². The number of carbonyl (C=O) groups is 3. The van der Waals surface area contributed by atoms with Gasteiger partial charge in [-0.25, -0.2) is 10.2 Å². The van der Waals surface area contributed by atoms with Gasteiger partial charge in [0.2, 0.25) is 0 Å². The first-order valence-electron chi connectivity index (χ1n) is 10.5. The molecule has 0 unspecified atom stereocenters. The highest BCUT2D eigenvalue weighted by Gasteiger charge is 2.13. The molecule has 8 nitrogen and oxygen atoms in total.